The van der Waals surface area contributed by atoms with Crippen molar-refractivity contribution in [3.63, 3.8) is 0 Å². The van der Waals surface area contributed by atoms with E-state index in [2.05, 4.69) is 229 Å². The molecule has 664 valence electrons. The smallest absolute Gasteiger partial charge is 0.119 e. The van der Waals surface area contributed by atoms with Gasteiger partial charge < -0.3 is 37.9 Å². The number of hydrogen-bond donors (Lipinski definition) is 0. The Morgan fingerprint density at radius 1 is 0.179 bits per heavy atom. The Kier molecular flexibility index (Phi) is 83.0. The van der Waals surface area contributed by atoms with Crippen molar-refractivity contribution in [1.29, 1.82) is 0 Å². The molecule has 0 heterocycles. The zero-order chi connectivity index (χ0) is 88.3. The van der Waals surface area contributed by atoms with Crippen LogP contribution in [-0.2, 0) is 25.7 Å². The topological polar surface area (TPSA) is 73.8 Å². The molecule has 12 heteroatoms. The molecule has 0 radical (unpaired) electrons. The SMILES string of the molecule is C.CC.CC.CC.CC.CC.CC.CC.CC.CC[C@@H](C)COc1ccc(Cc2ccc(OC[C@@H](Cl)CC)cc2)cc1.CC[C@@H](C)COc1ccc(Cc2ccc(OC[C@H](Cl)CC)cc2)cc1.CC[C@H](C)COc1ccc(Cc2ccc(OC[C@@H](Cl)CC)cc2)cc1.CC[C@H](C)COc1ccc(Cc2ccc(OC[C@H](Cl)CC)cc2)cc1. The first-order valence-corrected chi connectivity index (χ1v) is 46.5. The predicted molar refractivity (Wildman–Crippen MR) is 522 cm³/mol. The molecule has 8 rings (SSSR count). The molecule has 0 amide bonds. The zero-order valence-corrected chi connectivity index (χ0v) is 81.0. The maximum atomic E-state index is 6.08. The van der Waals surface area contributed by atoms with Gasteiger partial charge in [0.2, 0.25) is 0 Å². The van der Waals surface area contributed by atoms with Crippen molar-refractivity contribution in [2.24, 2.45) is 23.7 Å². The maximum absolute atomic E-state index is 6.08. The van der Waals surface area contributed by atoms with E-state index >= 15 is 0 Å². The van der Waals surface area contributed by atoms with Crippen LogP contribution in [0.25, 0.3) is 0 Å². The normalized spacial score (nSPS) is 11.8. The van der Waals surface area contributed by atoms with E-state index in [1.165, 1.54) is 44.5 Å². The highest BCUT2D eigenvalue weighted by Gasteiger charge is 2.11. The van der Waals surface area contributed by atoms with Crippen molar-refractivity contribution in [2.75, 3.05) is 52.9 Å². The summed E-state index contributed by atoms with van der Waals surface area (Å²) in [7, 11) is 0. The summed E-state index contributed by atoms with van der Waals surface area (Å²) in [5, 5.41) is 0.280. The molecule has 0 fully saturated rings. The molecule has 0 bridgehead atoms. The molecule has 0 saturated heterocycles. The van der Waals surface area contributed by atoms with Crippen LogP contribution in [0.1, 0.15) is 297 Å². The van der Waals surface area contributed by atoms with Gasteiger partial charge >= 0.3 is 0 Å². The molecule has 0 aromatic heterocycles. The third-order valence-electron chi connectivity index (χ3n) is 17.4. The Labute approximate surface area is 740 Å². The highest BCUT2D eigenvalue weighted by Crippen LogP contribution is 2.25. The van der Waals surface area contributed by atoms with Crippen molar-refractivity contribution in [3.8, 4) is 46.0 Å². The van der Waals surface area contributed by atoms with E-state index in [0.717, 1.165) is 149 Å². The molecule has 8 atom stereocenters. The minimum atomic E-state index is 0. The van der Waals surface area contributed by atoms with Crippen LogP contribution in [0, 0.1) is 23.7 Å². The van der Waals surface area contributed by atoms with Crippen LogP contribution < -0.4 is 37.9 Å². The minimum absolute atomic E-state index is 0. The van der Waals surface area contributed by atoms with Crippen LogP contribution in [0.5, 0.6) is 46.0 Å². The Hall–Kier alpha value is -6.68. The molecule has 8 aromatic rings. The van der Waals surface area contributed by atoms with Gasteiger partial charge in [-0.15, -0.1) is 46.4 Å². The molecule has 117 heavy (non-hydrogen) atoms. The molecule has 0 saturated carbocycles. The monoisotopic (exact) mass is 1700 g/mol. The average molecular weight is 1700 g/mol. The molecule has 0 spiro atoms. The number of ether oxygens (including phenoxy) is 8. The lowest BCUT2D eigenvalue weighted by Gasteiger charge is -2.12. The zero-order valence-electron chi connectivity index (χ0n) is 78.0. The van der Waals surface area contributed by atoms with Gasteiger partial charge in [-0.1, -0.05) is 324 Å². The van der Waals surface area contributed by atoms with Crippen molar-refractivity contribution < 1.29 is 37.9 Å². The summed E-state index contributed by atoms with van der Waals surface area (Å²) in [5.74, 6) is 9.62. The lowest BCUT2D eigenvalue weighted by atomic mass is 10.0. The van der Waals surface area contributed by atoms with Crippen LogP contribution in [0.2, 0.25) is 0 Å². The number of halogens is 4. The molecule has 8 aromatic carbocycles. The summed E-state index contributed by atoms with van der Waals surface area (Å²) in [6.45, 7) is 63.1. The Morgan fingerprint density at radius 3 is 0.376 bits per heavy atom. The quantitative estimate of drug-likeness (QED) is 0.0352. The molecule has 0 aliphatic carbocycles. The Balaban J connectivity index is -0.000000448. The highest BCUT2D eigenvalue weighted by atomic mass is 35.5. The number of hydrogen-bond acceptors (Lipinski definition) is 8. The molecule has 0 unspecified atom stereocenters. The average Bonchev–Trinajstić information content (AvgIpc) is 0.889. The second-order valence-corrected chi connectivity index (χ2v) is 28.9. The summed E-state index contributed by atoms with van der Waals surface area (Å²) in [6.07, 6.45) is 11.8. The van der Waals surface area contributed by atoms with E-state index in [-0.39, 0.29) is 28.9 Å². The van der Waals surface area contributed by atoms with Gasteiger partial charge in [-0.25, -0.2) is 0 Å². The fourth-order valence-corrected chi connectivity index (χ4v) is 9.47. The minimum Gasteiger partial charge on any atom is -0.493 e. The Bertz CT molecular complexity index is 2660. The maximum Gasteiger partial charge on any atom is 0.119 e. The first kappa shape index (κ1) is 119. The van der Waals surface area contributed by atoms with E-state index in [1.54, 1.807) is 0 Å². The van der Waals surface area contributed by atoms with E-state index in [4.69, 9.17) is 84.3 Å². The molecular formula is C105H168Cl4O8. The van der Waals surface area contributed by atoms with Crippen LogP contribution in [-0.4, -0.2) is 74.4 Å². The predicted octanol–water partition coefficient (Wildman–Crippen LogP) is 33.2. The van der Waals surface area contributed by atoms with E-state index in [1.807, 2.05) is 159 Å². The summed E-state index contributed by atoms with van der Waals surface area (Å²) >= 11 is 24.3. The van der Waals surface area contributed by atoms with Gasteiger partial charge in [0.05, 0.1) is 47.9 Å². The second kappa shape index (κ2) is 81.7. The fraction of sp³-hybridized carbons (Fsp3) is 0.543. The summed E-state index contributed by atoms with van der Waals surface area (Å²) in [6, 6.07) is 66.5. The van der Waals surface area contributed by atoms with Gasteiger partial charge in [-0.2, -0.15) is 0 Å². The molecule has 8 nitrogen and oxygen atoms in total. The van der Waals surface area contributed by atoms with Crippen LogP contribution in [0.15, 0.2) is 194 Å². The third kappa shape index (κ3) is 59.6. The molecule has 0 aliphatic heterocycles. The molecule has 0 N–H and O–H groups in total. The van der Waals surface area contributed by atoms with Gasteiger partial charge in [0, 0.05) is 0 Å². The van der Waals surface area contributed by atoms with Crippen molar-refractivity contribution in [3.05, 3.63) is 239 Å². The fourth-order valence-electron chi connectivity index (χ4n) is 9.21. The molecule has 0 aliphatic rings. The van der Waals surface area contributed by atoms with Crippen LogP contribution >= 0.6 is 46.4 Å². The largest absolute Gasteiger partial charge is 0.493 e. The van der Waals surface area contributed by atoms with Gasteiger partial charge in [-0.3, -0.25) is 0 Å². The van der Waals surface area contributed by atoms with E-state index in [9.17, 15) is 0 Å². The first-order chi connectivity index (χ1) is 56.4. The van der Waals surface area contributed by atoms with Crippen molar-refractivity contribution in [1.82, 2.24) is 0 Å². The van der Waals surface area contributed by atoms with E-state index < -0.39 is 0 Å². The summed E-state index contributed by atoms with van der Waals surface area (Å²) in [4.78, 5) is 0. The van der Waals surface area contributed by atoms with Crippen LogP contribution in [0.4, 0.5) is 0 Å². The third-order valence-corrected chi connectivity index (χ3v) is 19.2. The lowest BCUT2D eigenvalue weighted by molar-refractivity contribution is 0.256. The number of alkyl halides is 4. The second-order valence-electron chi connectivity index (χ2n) is 26.4. The van der Waals surface area contributed by atoms with E-state index in [0.29, 0.717) is 50.1 Å². The number of benzene rings is 8. The van der Waals surface area contributed by atoms with Crippen LogP contribution in [0.3, 0.4) is 0 Å². The van der Waals surface area contributed by atoms with Crippen molar-refractivity contribution >= 4 is 46.4 Å². The van der Waals surface area contributed by atoms with Gasteiger partial charge in [-0.05, 0) is 217 Å². The van der Waals surface area contributed by atoms with Crippen molar-refractivity contribution in [2.45, 2.75) is 300 Å². The van der Waals surface area contributed by atoms with Gasteiger partial charge in [0.15, 0.2) is 0 Å². The lowest BCUT2D eigenvalue weighted by Crippen LogP contribution is -2.10. The van der Waals surface area contributed by atoms with Gasteiger partial charge in [0.25, 0.3) is 0 Å². The Morgan fingerprint density at radius 2 is 0.282 bits per heavy atom. The standard InChI is InChI=1S/4C22H29ClO2.8C2H6.CH4/c4*1-4-17(3)15-24-21-10-6-18(7-11-21)14-19-8-12-22(13-9-19)25-16-20(23)5-2;8*1-2;/h4*6-13,17,20H,4-5,14-16H2,1-3H3;8*1-2H3;1H4/t2*17-,20+;2*17-,20-;;;;;;;;;/m1010........./s1. The number of rotatable bonds is 40. The summed E-state index contributed by atoms with van der Waals surface area (Å²) < 4.78 is 46.0. The summed E-state index contributed by atoms with van der Waals surface area (Å²) in [5.41, 5.74) is 10.1. The highest BCUT2D eigenvalue weighted by molar-refractivity contribution is 6.21. The first-order valence-electron chi connectivity index (χ1n) is 44.7. The molecular weight excluding hydrogens is 1530 g/mol. The van der Waals surface area contributed by atoms with Gasteiger partial charge in [0.1, 0.15) is 72.4 Å².